The fraction of sp³-hybridized carbons (Fsp3) is 0.125. The van der Waals surface area contributed by atoms with Crippen LogP contribution in [0, 0.1) is 0 Å². The van der Waals surface area contributed by atoms with Crippen LogP contribution in [0.5, 0.6) is 0 Å². The van der Waals surface area contributed by atoms with Crippen LogP contribution in [0.15, 0.2) is 33.9 Å². The Hall–Kier alpha value is -3.05. The van der Waals surface area contributed by atoms with Gasteiger partial charge in [0.15, 0.2) is 5.69 Å². The lowest BCUT2D eigenvalue weighted by Crippen LogP contribution is -2.28. The van der Waals surface area contributed by atoms with E-state index in [9.17, 15) is 27.6 Å². The van der Waals surface area contributed by atoms with Crippen LogP contribution in [0.1, 0.15) is 27.3 Å². The molecule has 0 fully saturated rings. The highest BCUT2D eigenvalue weighted by molar-refractivity contribution is 6.42. The molecule has 13 heteroatoms. The van der Waals surface area contributed by atoms with Gasteiger partial charge in [0.25, 0.3) is 11.1 Å². The molecule has 0 bridgehead atoms. The van der Waals surface area contributed by atoms with Gasteiger partial charge in [-0.05, 0) is 17.7 Å². The van der Waals surface area contributed by atoms with Crippen molar-refractivity contribution in [1.82, 2.24) is 19.7 Å². The Balaban J connectivity index is 2.16. The first-order valence-electron chi connectivity index (χ1n) is 7.67. The minimum atomic E-state index is -5.03. The van der Waals surface area contributed by atoms with Gasteiger partial charge >= 0.3 is 12.1 Å². The molecular formula is C16H9Cl2F3N4O4. The number of aromatic carboxylic acids is 1. The lowest BCUT2D eigenvalue weighted by molar-refractivity contribution is -0.142. The molecule has 152 valence electrons. The smallest absolute Gasteiger partial charge is 0.433 e. The SMILES string of the molecule is O=C(O)c1cc(=O)n(-c2nc(C(F)(F)F)c(Cc3ccc(Cl)c(Cl)c3)c(=O)[nH]2)[nH]1. The highest BCUT2D eigenvalue weighted by atomic mass is 35.5. The molecule has 3 rings (SSSR count). The highest BCUT2D eigenvalue weighted by Crippen LogP contribution is 2.31. The molecule has 0 saturated heterocycles. The number of benzene rings is 1. The second kappa shape index (κ2) is 7.41. The summed E-state index contributed by atoms with van der Waals surface area (Å²) in [5, 5.41) is 11.2. The summed E-state index contributed by atoms with van der Waals surface area (Å²) in [7, 11) is 0. The summed E-state index contributed by atoms with van der Waals surface area (Å²) in [5.41, 5.74) is -4.73. The Morgan fingerprint density at radius 2 is 1.86 bits per heavy atom. The lowest BCUT2D eigenvalue weighted by atomic mass is 10.0. The van der Waals surface area contributed by atoms with Crippen molar-refractivity contribution >= 4 is 29.2 Å². The van der Waals surface area contributed by atoms with Crippen LogP contribution in [0.2, 0.25) is 10.0 Å². The number of rotatable bonds is 4. The van der Waals surface area contributed by atoms with Gasteiger partial charge in [-0.15, -0.1) is 0 Å². The van der Waals surface area contributed by atoms with E-state index in [2.05, 4.69) is 15.1 Å². The maximum Gasteiger partial charge on any atom is 0.433 e. The number of carbonyl (C=O) groups is 1. The molecule has 3 aromatic rings. The largest absolute Gasteiger partial charge is 0.477 e. The molecule has 8 nitrogen and oxygen atoms in total. The number of hydrogen-bond donors (Lipinski definition) is 3. The Morgan fingerprint density at radius 1 is 1.17 bits per heavy atom. The fourth-order valence-electron chi connectivity index (χ4n) is 2.51. The Labute approximate surface area is 168 Å². The number of hydrogen-bond acceptors (Lipinski definition) is 4. The van der Waals surface area contributed by atoms with Crippen molar-refractivity contribution in [2.24, 2.45) is 0 Å². The summed E-state index contributed by atoms with van der Waals surface area (Å²) in [6.45, 7) is 0. The predicted octanol–water partition coefficient (Wildman–Crippen LogP) is 2.86. The zero-order valence-electron chi connectivity index (χ0n) is 14.0. The van der Waals surface area contributed by atoms with Gasteiger partial charge < -0.3 is 5.11 Å². The van der Waals surface area contributed by atoms with Crippen molar-refractivity contribution in [2.45, 2.75) is 12.6 Å². The third kappa shape index (κ3) is 4.20. The molecule has 0 atom stereocenters. The Kier molecular flexibility index (Phi) is 5.28. The average Bonchev–Trinajstić information content (AvgIpc) is 3.01. The number of H-pyrrole nitrogens is 2. The van der Waals surface area contributed by atoms with Crippen molar-refractivity contribution < 1.29 is 23.1 Å². The normalized spacial score (nSPS) is 11.6. The standard InChI is InChI=1S/C16H9Cl2F3N4O4/c17-8-2-1-6(4-9(8)18)3-7-12(16(19,20)21)22-15(23-13(7)27)25-11(26)5-10(24-25)14(28)29/h1-2,4-5,24H,3H2,(H,28,29)(H,22,23,27). The van der Waals surface area contributed by atoms with E-state index >= 15 is 0 Å². The first kappa shape index (κ1) is 20.7. The molecule has 0 spiro atoms. The maximum atomic E-state index is 13.6. The number of halogens is 5. The van der Waals surface area contributed by atoms with E-state index in [0.29, 0.717) is 10.7 Å². The molecule has 0 unspecified atom stereocenters. The third-order valence-electron chi connectivity index (χ3n) is 3.80. The monoisotopic (exact) mass is 448 g/mol. The maximum absolute atomic E-state index is 13.6. The van der Waals surface area contributed by atoms with Gasteiger partial charge in [-0.2, -0.15) is 17.9 Å². The summed E-state index contributed by atoms with van der Waals surface area (Å²) >= 11 is 11.6. The van der Waals surface area contributed by atoms with Crippen molar-refractivity contribution in [3.05, 3.63) is 77.5 Å². The summed E-state index contributed by atoms with van der Waals surface area (Å²) < 4.78 is 41.0. The molecule has 0 aliphatic heterocycles. The topological polar surface area (TPSA) is 121 Å². The van der Waals surface area contributed by atoms with Crippen molar-refractivity contribution in [1.29, 1.82) is 0 Å². The fourth-order valence-corrected chi connectivity index (χ4v) is 2.83. The van der Waals surface area contributed by atoms with Crippen LogP contribution >= 0.6 is 23.2 Å². The predicted molar refractivity (Wildman–Crippen MR) is 96.0 cm³/mol. The molecule has 1 aromatic carbocycles. The summed E-state index contributed by atoms with van der Waals surface area (Å²) in [6.07, 6.45) is -5.49. The number of carboxylic acids is 1. The van der Waals surface area contributed by atoms with Crippen molar-refractivity contribution in [3.8, 4) is 5.95 Å². The van der Waals surface area contributed by atoms with Crippen LogP contribution in [0.4, 0.5) is 13.2 Å². The molecule has 29 heavy (non-hydrogen) atoms. The van der Waals surface area contributed by atoms with Gasteiger partial charge in [0.1, 0.15) is 5.69 Å². The van der Waals surface area contributed by atoms with Crippen LogP contribution in [-0.2, 0) is 12.6 Å². The van der Waals surface area contributed by atoms with Crippen LogP contribution in [0.3, 0.4) is 0 Å². The molecule has 0 aliphatic rings. The number of aromatic nitrogens is 4. The first-order chi connectivity index (χ1) is 13.5. The van der Waals surface area contributed by atoms with E-state index in [1.807, 2.05) is 0 Å². The number of alkyl halides is 3. The minimum absolute atomic E-state index is 0.0953. The van der Waals surface area contributed by atoms with E-state index in [0.717, 1.165) is 0 Å². The molecule has 2 aromatic heterocycles. The summed E-state index contributed by atoms with van der Waals surface area (Å²) in [4.78, 5) is 40.6. The molecule has 0 aliphatic carbocycles. The van der Waals surface area contributed by atoms with Crippen LogP contribution in [0.25, 0.3) is 5.95 Å². The molecular weight excluding hydrogens is 440 g/mol. The molecule has 2 heterocycles. The Bertz CT molecular complexity index is 1230. The average molecular weight is 449 g/mol. The Morgan fingerprint density at radius 3 is 2.41 bits per heavy atom. The molecule has 0 radical (unpaired) electrons. The quantitative estimate of drug-likeness (QED) is 0.566. The zero-order chi connectivity index (χ0) is 21.5. The van der Waals surface area contributed by atoms with Crippen LogP contribution < -0.4 is 11.1 Å². The second-order valence-electron chi connectivity index (χ2n) is 5.79. The van der Waals surface area contributed by atoms with E-state index < -0.39 is 52.6 Å². The number of nitrogens with one attached hydrogen (secondary N) is 2. The van der Waals surface area contributed by atoms with Crippen LogP contribution in [-0.4, -0.2) is 30.8 Å². The number of carboxylic acid groups (broad SMARTS) is 1. The molecule has 0 saturated carbocycles. The van der Waals surface area contributed by atoms with Crippen molar-refractivity contribution in [2.75, 3.05) is 0 Å². The van der Waals surface area contributed by atoms with Gasteiger partial charge in [-0.3, -0.25) is 19.7 Å². The minimum Gasteiger partial charge on any atom is -0.477 e. The molecule has 3 N–H and O–H groups in total. The van der Waals surface area contributed by atoms with Gasteiger partial charge in [-0.25, -0.2) is 9.78 Å². The van der Waals surface area contributed by atoms with Gasteiger partial charge in [0, 0.05) is 12.5 Å². The van der Waals surface area contributed by atoms with E-state index in [1.165, 1.54) is 18.2 Å². The van der Waals surface area contributed by atoms with Gasteiger partial charge in [-0.1, -0.05) is 29.3 Å². The number of aromatic amines is 2. The first-order valence-corrected chi connectivity index (χ1v) is 8.43. The van der Waals surface area contributed by atoms with E-state index in [4.69, 9.17) is 28.3 Å². The second-order valence-corrected chi connectivity index (χ2v) is 6.60. The third-order valence-corrected chi connectivity index (χ3v) is 4.54. The van der Waals surface area contributed by atoms with E-state index in [1.54, 1.807) is 0 Å². The van der Waals surface area contributed by atoms with Gasteiger partial charge in [0.2, 0.25) is 5.95 Å². The lowest BCUT2D eigenvalue weighted by Gasteiger charge is -2.13. The van der Waals surface area contributed by atoms with Gasteiger partial charge in [0.05, 0.1) is 15.6 Å². The van der Waals surface area contributed by atoms with E-state index in [-0.39, 0.29) is 15.6 Å². The summed E-state index contributed by atoms with van der Waals surface area (Å²) in [6, 6.07) is 4.72. The zero-order valence-corrected chi connectivity index (χ0v) is 15.5. The summed E-state index contributed by atoms with van der Waals surface area (Å²) in [5.74, 6) is -2.33. The van der Waals surface area contributed by atoms with Crippen molar-refractivity contribution in [3.63, 3.8) is 0 Å². The highest BCUT2D eigenvalue weighted by Gasteiger charge is 2.37. The number of nitrogens with zero attached hydrogens (tertiary/aromatic N) is 2. The molecule has 0 amide bonds.